The number of hydrogen-bond donors (Lipinski definition) is 0. The lowest BCUT2D eigenvalue weighted by molar-refractivity contribution is -0.0486. The van der Waals surface area contributed by atoms with Crippen LogP contribution in [-0.2, 0) is 9.47 Å². The van der Waals surface area contributed by atoms with Gasteiger partial charge in [0.05, 0.1) is 13.2 Å². The van der Waals surface area contributed by atoms with E-state index in [1.54, 1.807) is 0 Å². The van der Waals surface area contributed by atoms with E-state index < -0.39 is 0 Å². The van der Waals surface area contributed by atoms with Crippen LogP contribution >= 0.6 is 0 Å². The Balaban J connectivity index is 2.01. The van der Waals surface area contributed by atoms with Crippen LogP contribution in [0.4, 0.5) is 0 Å². The van der Waals surface area contributed by atoms with Gasteiger partial charge in [-0.3, -0.25) is 0 Å². The van der Waals surface area contributed by atoms with E-state index in [4.69, 9.17) is 9.47 Å². The summed E-state index contributed by atoms with van der Waals surface area (Å²) in [5, 5.41) is 0. The Bertz CT molecular complexity index is 302. The highest BCUT2D eigenvalue weighted by Crippen LogP contribution is 2.25. The molecule has 0 radical (unpaired) electrons. The second-order valence-corrected chi connectivity index (χ2v) is 3.66. The number of benzene rings is 1. The number of ether oxygens (including phenoxy) is 2. The van der Waals surface area contributed by atoms with Gasteiger partial charge in [-0.1, -0.05) is 36.4 Å². The molecule has 1 aliphatic heterocycles. The Morgan fingerprint density at radius 3 is 2.53 bits per heavy atom. The van der Waals surface area contributed by atoms with Crippen molar-refractivity contribution in [3.63, 3.8) is 0 Å². The molecule has 0 bridgehead atoms. The van der Waals surface area contributed by atoms with Crippen molar-refractivity contribution in [1.29, 1.82) is 0 Å². The van der Waals surface area contributed by atoms with E-state index in [1.165, 1.54) is 5.56 Å². The van der Waals surface area contributed by atoms with Gasteiger partial charge in [0.15, 0.2) is 6.29 Å². The molecule has 0 amide bonds. The monoisotopic (exact) mass is 204 g/mol. The highest BCUT2D eigenvalue weighted by molar-refractivity contribution is 5.23. The molecule has 2 rings (SSSR count). The van der Waals surface area contributed by atoms with Gasteiger partial charge in [-0.2, -0.15) is 0 Å². The lowest BCUT2D eigenvalue weighted by atomic mass is 9.96. The maximum Gasteiger partial charge on any atom is 0.158 e. The van der Waals surface area contributed by atoms with Gasteiger partial charge in [0.25, 0.3) is 0 Å². The zero-order chi connectivity index (χ0) is 10.5. The molecule has 1 aromatic carbocycles. The van der Waals surface area contributed by atoms with Crippen LogP contribution in [0.1, 0.15) is 17.9 Å². The van der Waals surface area contributed by atoms with Gasteiger partial charge in [-0.15, -0.1) is 6.58 Å². The summed E-state index contributed by atoms with van der Waals surface area (Å²) >= 11 is 0. The van der Waals surface area contributed by atoms with Crippen LogP contribution in [0, 0.1) is 0 Å². The van der Waals surface area contributed by atoms with Gasteiger partial charge in [0.2, 0.25) is 0 Å². The molecule has 2 heteroatoms. The predicted octanol–water partition coefficient (Wildman–Crippen LogP) is 2.72. The lowest BCUT2D eigenvalue weighted by Crippen LogP contribution is -2.12. The Hall–Kier alpha value is -1.12. The molecule has 1 unspecified atom stereocenters. The van der Waals surface area contributed by atoms with Gasteiger partial charge in [-0.05, 0) is 5.56 Å². The van der Waals surface area contributed by atoms with Crippen molar-refractivity contribution < 1.29 is 9.47 Å². The second kappa shape index (κ2) is 5.10. The predicted molar refractivity (Wildman–Crippen MR) is 59.7 cm³/mol. The number of rotatable bonds is 4. The average molecular weight is 204 g/mol. The summed E-state index contributed by atoms with van der Waals surface area (Å²) in [7, 11) is 0. The summed E-state index contributed by atoms with van der Waals surface area (Å²) in [6.45, 7) is 5.29. The van der Waals surface area contributed by atoms with E-state index in [2.05, 4.69) is 18.7 Å². The van der Waals surface area contributed by atoms with Crippen molar-refractivity contribution in [1.82, 2.24) is 0 Å². The molecule has 1 fully saturated rings. The molecular formula is C13H16O2. The molecule has 1 heterocycles. The van der Waals surface area contributed by atoms with Crippen molar-refractivity contribution in [2.45, 2.75) is 18.6 Å². The maximum absolute atomic E-state index is 5.44. The molecule has 1 aliphatic rings. The molecule has 0 saturated carbocycles. The Morgan fingerprint density at radius 1 is 1.27 bits per heavy atom. The Morgan fingerprint density at radius 2 is 1.93 bits per heavy atom. The second-order valence-electron chi connectivity index (χ2n) is 3.66. The highest BCUT2D eigenvalue weighted by Gasteiger charge is 2.20. The normalized spacial score (nSPS) is 18.9. The van der Waals surface area contributed by atoms with Crippen LogP contribution in [-0.4, -0.2) is 19.5 Å². The van der Waals surface area contributed by atoms with E-state index in [0.29, 0.717) is 19.1 Å². The standard InChI is InChI=1S/C13H16O2/c1-2-11(10-13-14-8-9-15-13)12-6-4-3-5-7-12/h2-7,11,13H,1,8-10H2. The minimum atomic E-state index is -0.0618. The van der Waals surface area contributed by atoms with Gasteiger partial charge >= 0.3 is 0 Å². The molecule has 1 aromatic rings. The Labute approximate surface area is 90.5 Å². The molecule has 0 spiro atoms. The van der Waals surface area contributed by atoms with Crippen LogP contribution in [0.25, 0.3) is 0 Å². The van der Waals surface area contributed by atoms with Crippen molar-refractivity contribution >= 4 is 0 Å². The van der Waals surface area contributed by atoms with Crippen LogP contribution in [0.3, 0.4) is 0 Å². The first kappa shape index (κ1) is 10.4. The fourth-order valence-corrected chi connectivity index (χ4v) is 1.82. The molecule has 1 saturated heterocycles. The highest BCUT2D eigenvalue weighted by atomic mass is 16.7. The summed E-state index contributed by atoms with van der Waals surface area (Å²) < 4.78 is 10.9. The summed E-state index contributed by atoms with van der Waals surface area (Å²) in [6.07, 6.45) is 2.75. The quantitative estimate of drug-likeness (QED) is 0.702. The minimum absolute atomic E-state index is 0.0618. The Kier molecular flexibility index (Phi) is 3.54. The van der Waals surface area contributed by atoms with Crippen LogP contribution in [0.5, 0.6) is 0 Å². The summed E-state index contributed by atoms with van der Waals surface area (Å²) in [4.78, 5) is 0. The largest absolute Gasteiger partial charge is 0.350 e. The third-order valence-corrected chi connectivity index (χ3v) is 2.65. The van der Waals surface area contributed by atoms with Crippen LogP contribution in [0.15, 0.2) is 43.0 Å². The molecule has 0 N–H and O–H groups in total. The van der Waals surface area contributed by atoms with Gasteiger partial charge < -0.3 is 9.47 Å². The minimum Gasteiger partial charge on any atom is -0.350 e. The third kappa shape index (κ3) is 2.67. The summed E-state index contributed by atoms with van der Waals surface area (Å²) in [5.41, 5.74) is 1.27. The summed E-state index contributed by atoms with van der Waals surface area (Å²) in [5.74, 6) is 0.314. The van der Waals surface area contributed by atoms with E-state index >= 15 is 0 Å². The van der Waals surface area contributed by atoms with Crippen molar-refractivity contribution in [2.75, 3.05) is 13.2 Å². The van der Waals surface area contributed by atoms with E-state index in [1.807, 2.05) is 24.3 Å². The van der Waals surface area contributed by atoms with E-state index in [0.717, 1.165) is 6.42 Å². The first-order chi connectivity index (χ1) is 7.40. The fourth-order valence-electron chi connectivity index (χ4n) is 1.82. The van der Waals surface area contributed by atoms with Crippen molar-refractivity contribution in [3.05, 3.63) is 48.6 Å². The molecule has 80 valence electrons. The molecule has 15 heavy (non-hydrogen) atoms. The van der Waals surface area contributed by atoms with Crippen LogP contribution < -0.4 is 0 Å². The van der Waals surface area contributed by atoms with Gasteiger partial charge in [0.1, 0.15) is 0 Å². The molecule has 0 aromatic heterocycles. The molecule has 1 atom stereocenters. The van der Waals surface area contributed by atoms with Gasteiger partial charge in [0, 0.05) is 12.3 Å². The third-order valence-electron chi connectivity index (χ3n) is 2.65. The van der Waals surface area contributed by atoms with Crippen molar-refractivity contribution in [3.8, 4) is 0 Å². The average Bonchev–Trinajstić information content (AvgIpc) is 2.80. The van der Waals surface area contributed by atoms with E-state index in [-0.39, 0.29) is 6.29 Å². The molecule has 2 nitrogen and oxygen atoms in total. The SMILES string of the molecule is C=CC(CC1OCCO1)c1ccccc1. The number of allylic oxidation sites excluding steroid dienone is 1. The molecule has 0 aliphatic carbocycles. The number of hydrogen-bond acceptors (Lipinski definition) is 2. The van der Waals surface area contributed by atoms with Crippen LogP contribution in [0.2, 0.25) is 0 Å². The fraction of sp³-hybridized carbons (Fsp3) is 0.385. The van der Waals surface area contributed by atoms with E-state index in [9.17, 15) is 0 Å². The maximum atomic E-state index is 5.44. The lowest BCUT2D eigenvalue weighted by Gasteiger charge is -2.16. The smallest absolute Gasteiger partial charge is 0.158 e. The first-order valence-corrected chi connectivity index (χ1v) is 5.31. The zero-order valence-corrected chi connectivity index (χ0v) is 8.76. The topological polar surface area (TPSA) is 18.5 Å². The zero-order valence-electron chi connectivity index (χ0n) is 8.76. The summed E-state index contributed by atoms with van der Waals surface area (Å²) in [6, 6.07) is 10.3. The van der Waals surface area contributed by atoms with Gasteiger partial charge in [-0.25, -0.2) is 0 Å². The molecular weight excluding hydrogens is 188 g/mol. The first-order valence-electron chi connectivity index (χ1n) is 5.31. The van der Waals surface area contributed by atoms with Crippen molar-refractivity contribution in [2.24, 2.45) is 0 Å².